The molecule has 0 fully saturated rings. The van der Waals surface area contributed by atoms with Crippen molar-refractivity contribution in [1.82, 2.24) is 5.32 Å². The van der Waals surface area contributed by atoms with Gasteiger partial charge in [0.05, 0.1) is 11.0 Å². The Morgan fingerprint density at radius 1 is 1.44 bits per heavy atom. The molecule has 0 aromatic heterocycles. The lowest BCUT2D eigenvalue weighted by Gasteiger charge is -2.39. The Hall–Kier alpha value is -1.31. The Kier molecular flexibility index (Phi) is 7.71. The van der Waals surface area contributed by atoms with E-state index in [1.165, 1.54) is 17.3 Å². The Labute approximate surface area is 156 Å². The van der Waals surface area contributed by atoms with Crippen LogP contribution in [-0.4, -0.2) is 26.0 Å². The van der Waals surface area contributed by atoms with Gasteiger partial charge >= 0.3 is 0 Å². The Balaban J connectivity index is 3.06. The highest BCUT2D eigenvalue weighted by Gasteiger charge is 2.39. The van der Waals surface area contributed by atoms with Gasteiger partial charge in [-0.1, -0.05) is 50.6 Å². The summed E-state index contributed by atoms with van der Waals surface area (Å²) in [6.45, 7) is 13.6. The van der Waals surface area contributed by atoms with Crippen LogP contribution in [0, 0.1) is 17.0 Å². The molecule has 0 saturated carbocycles. The highest BCUT2D eigenvalue weighted by atomic mass is 32.2. The number of hydrogen-bond acceptors (Lipinski definition) is 5. The van der Waals surface area contributed by atoms with E-state index in [0.717, 1.165) is 11.8 Å². The molecule has 0 radical (unpaired) electrons. The fourth-order valence-electron chi connectivity index (χ4n) is 2.09. The van der Waals surface area contributed by atoms with E-state index in [-0.39, 0.29) is 11.1 Å². The molecule has 0 amide bonds. The van der Waals surface area contributed by atoms with Crippen LogP contribution in [0.5, 0.6) is 0 Å². The zero-order valence-electron chi connectivity index (χ0n) is 16.3. The smallest absolute Gasteiger partial charge is 0.263 e. The first-order chi connectivity index (χ1) is 11.5. The number of thioether (sulfide) groups is 1. The summed E-state index contributed by atoms with van der Waals surface area (Å²) in [5.41, 5.74) is 2.27. The molecule has 5 nitrogen and oxygen atoms in total. The topological polar surface area (TPSA) is 64.4 Å². The lowest BCUT2D eigenvalue weighted by molar-refractivity contribution is -0.403. The van der Waals surface area contributed by atoms with E-state index >= 15 is 0 Å². The first-order valence-corrected chi connectivity index (χ1v) is 12.5. The molecule has 1 atom stereocenters. The van der Waals surface area contributed by atoms with Crippen LogP contribution in [0.2, 0.25) is 18.1 Å². The molecule has 25 heavy (non-hydrogen) atoms. The first-order valence-electron chi connectivity index (χ1n) is 8.34. The van der Waals surface area contributed by atoms with E-state index in [2.05, 4.69) is 64.3 Å². The van der Waals surface area contributed by atoms with Crippen LogP contribution in [0.1, 0.15) is 38.0 Å². The molecule has 0 bridgehead atoms. The van der Waals surface area contributed by atoms with Gasteiger partial charge in [-0.25, -0.2) is 0 Å². The summed E-state index contributed by atoms with van der Waals surface area (Å²) in [5, 5.41) is 14.5. The Morgan fingerprint density at radius 3 is 2.56 bits per heavy atom. The number of nitro groups is 1. The van der Waals surface area contributed by atoms with Crippen molar-refractivity contribution in [2.24, 2.45) is 0 Å². The van der Waals surface area contributed by atoms with Gasteiger partial charge in [0.25, 0.3) is 6.20 Å². The molecule has 1 aromatic rings. The summed E-state index contributed by atoms with van der Waals surface area (Å²) in [5.74, 6) is 0. The monoisotopic (exact) mass is 382 g/mol. The number of nitrogens with zero attached hydrogens (tertiary/aromatic N) is 1. The molecule has 1 aromatic carbocycles. The minimum atomic E-state index is -1.98. The van der Waals surface area contributed by atoms with E-state index in [1.807, 2.05) is 12.3 Å². The normalized spacial score (nSPS) is 14.3. The maximum Gasteiger partial charge on any atom is 0.263 e. The predicted octanol–water partition coefficient (Wildman–Crippen LogP) is 5.09. The highest BCUT2D eigenvalue weighted by molar-refractivity contribution is 8.02. The highest BCUT2D eigenvalue weighted by Crippen LogP contribution is 2.39. The molecule has 1 N–H and O–H groups in total. The summed E-state index contributed by atoms with van der Waals surface area (Å²) >= 11 is 1.33. The standard InChI is InChI=1S/C18H30N2O3SSi/c1-14-9-8-10-15(11-14)16(23-25(6,7)18(2,3)4)12-19-17(24-5)13-20(21)22/h8-11,13,16,19H,12H2,1-7H3. The summed E-state index contributed by atoms with van der Waals surface area (Å²) in [6, 6.07) is 8.26. The maximum absolute atomic E-state index is 10.7. The van der Waals surface area contributed by atoms with Gasteiger partial charge in [-0.05, 0) is 36.9 Å². The average Bonchev–Trinajstić information content (AvgIpc) is 2.48. The molecule has 140 valence electrons. The van der Waals surface area contributed by atoms with Crippen LogP contribution in [0.3, 0.4) is 0 Å². The number of aryl methyl sites for hydroxylation is 1. The lowest BCUT2D eigenvalue weighted by atomic mass is 10.1. The summed E-state index contributed by atoms with van der Waals surface area (Å²) in [7, 11) is -1.98. The van der Waals surface area contributed by atoms with Crippen molar-refractivity contribution in [1.29, 1.82) is 0 Å². The van der Waals surface area contributed by atoms with Crippen LogP contribution in [0.4, 0.5) is 0 Å². The van der Waals surface area contributed by atoms with E-state index < -0.39 is 13.2 Å². The third-order valence-electron chi connectivity index (χ3n) is 4.56. The number of hydrogen-bond donors (Lipinski definition) is 1. The zero-order valence-corrected chi connectivity index (χ0v) is 18.1. The average molecular weight is 383 g/mol. The lowest BCUT2D eigenvalue weighted by Crippen LogP contribution is -2.43. The number of rotatable bonds is 8. The molecule has 1 rings (SSSR count). The second-order valence-corrected chi connectivity index (χ2v) is 13.2. The van der Waals surface area contributed by atoms with E-state index in [4.69, 9.17) is 4.43 Å². The van der Waals surface area contributed by atoms with Gasteiger partial charge in [0.15, 0.2) is 8.32 Å². The van der Waals surface area contributed by atoms with Crippen molar-refractivity contribution >= 4 is 20.1 Å². The molecular formula is C18H30N2O3SSi. The number of nitrogens with one attached hydrogen (secondary N) is 1. The van der Waals surface area contributed by atoms with Gasteiger partial charge in [-0.15, -0.1) is 11.8 Å². The fourth-order valence-corrected chi connectivity index (χ4v) is 3.79. The van der Waals surface area contributed by atoms with Crippen molar-refractivity contribution in [3.05, 3.63) is 56.7 Å². The summed E-state index contributed by atoms with van der Waals surface area (Å²) in [4.78, 5) is 10.3. The van der Waals surface area contributed by atoms with Gasteiger partial charge in [-0.2, -0.15) is 0 Å². The second kappa shape index (κ2) is 8.87. The SMILES string of the molecule is CSC(=C[N+](=O)[O-])NCC(O[Si](C)(C)C(C)(C)C)c1cccc(C)c1. The van der Waals surface area contributed by atoms with Crippen LogP contribution < -0.4 is 5.32 Å². The minimum absolute atomic E-state index is 0.0914. The Morgan fingerprint density at radius 2 is 2.08 bits per heavy atom. The molecule has 0 aliphatic carbocycles. The molecule has 0 aliphatic heterocycles. The van der Waals surface area contributed by atoms with Crippen LogP contribution >= 0.6 is 11.8 Å². The van der Waals surface area contributed by atoms with Gasteiger partial charge in [0.2, 0.25) is 0 Å². The quantitative estimate of drug-likeness (QED) is 0.385. The van der Waals surface area contributed by atoms with Gasteiger partial charge in [0, 0.05) is 6.54 Å². The molecule has 0 saturated heterocycles. The van der Waals surface area contributed by atoms with Crippen molar-refractivity contribution < 1.29 is 9.35 Å². The number of benzene rings is 1. The van der Waals surface area contributed by atoms with E-state index in [1.54, 1.807) is 0 Å². The fraction of sp³-hybridized carbons (Fsp3) is 0.556. The molecule has 1 unspecified atom stereocenters. The van der Waals surface area contributed by atoms with Gasteiger partial charge < -0.3 is 9.74 Å². The summed E-state index contributed by atoms with van der Waals surface area (Å²) in [6.07, 6.45) is 2.67. The van der Waals surface area contributed by atoms with Crippen molar-refractivity contribution in [2.45, 2.75) is 51.9 Å². The molecular weight excluding hydrogens is 352 g/mol. The van der Waals surface area contributed by atoms with E-state index in [9.17, 15) is 10.1 Å². The first kappa shape index (κ1) is 21.7. The van der Waals surface area contributed by atoms with Crippen LogP contribution in [-0.2, 0) is 4.43 Å². The van der Waals surface area contributed by atoms with Crippen LogP contribution in [0.15, 0.2) is 35.5 Å². The minimum Gasteiger partial charge on any atom is -0.408 e. The molecule has 0 aliphatic rings. The summed E-state index contributed by atoms with van der Waals surface area (Å²) < 4.78 is 6.61. The second-order valence-electron chi connectivity index (χ2n) is 7.64. The molecule has 0 heterocycles. The maximum atomic E-state index is 10.7. The third-order valence-corrected chi connectivity index (χ3v) is 9.74. The largest absolute Gasteiger partial charge is 0.408 e. The van der Waals surface area contributed by atoms with Crippen LogP contribution in [0.25, 0.3) is 0 Å². The Bertz CT molecular complexity index is 627. The molecule has 0 spiro atoms. The van der Waals surface area contributed by atoms with Crippen molar-refractivity contribution in [3.8, 4) is 0 Å². The zero-order chi connectivity index (χ0) is 19.3. The van der Waals surface area contributed by atoms with Crippen molar-refractivity contribution in [3.63, 3.8) is 0 Å². The van der Waals surface area contributed by atoms with Gasteiger partial charge in [-0.3, -0.25) is 10.1 Å². The van der Waals surface area contributed by atoms with Crippen molar-refractivity contribution in [2.75, 3.05) is 12.8 Å². The predicted molar refractivity (Wildman–Crippen MR) is 109 cm³/mol. The van der Waals surface area contributed by atoms with Gasteiger partial charge in [0.1, 0.15) is 5.03 Å². The third kappa shape index (κ3) is 6.84. The van der Waals surface area contributed by atoms with E-state index in [0.29, 0.717) is 11.6 Å². The molecule has 7 heteroatoms.